The van der Waals surface area contributed by atoms with Gasteiger partial charge in [0.15, 0.2) is 0 Å². The van der Waals surface area contributed by atoms with E-state index < -0.39 is 0 Å². The second kappa shape index (κ2) is 7.36. The van der Waals surface area contributed by atoms with Crippen LogP contribution in [0.5, 0.6) is 5.75 Å². The summed E-state index contributed by atoms with van der Waals surface area (Å²) in [5, 5.41) is 4.79. The van der Waals surface area contributed by atoms with Crippen molar-refractivity contribution in [2.45, 2.75) is 27.0 Å². The minimum atomic E-state index is -0.103. The Balaban J connectivity index is 1.55. The molecule has 2 aromatic heterocycles. The van der Waals surface area contributed by atoms with Crippen molar-refractivity contribution in [2.24, 2.45) is 0 Å². The first kappa shape index (κ1) is 16.3. The molecular formula is C19H19NO3S. The molecular weight excluding hydrogens is 322 g/mol. The fourth-order valence-corrected chi connectivity index (χ4v) is 3.23. The van der Waals surface area contributed by atoms with E-state index in [4.69, 9.17) is 9.15 Å². The van der Waals surface area contributed by atoms with Crippen LogP contribution in [-0.2, 0) is 13.2 Å². The van der Waals surface area contributed by atoms with Gasteiger partial charge in [0.2, 0.25) is 0 Å². The van der Waals surface area contributed by atoms with Crippen LogP contribution in [0.1, 0.15) is 32.1 Å². The van der Waals surface area contributed by atoms with Crippen LogP contribution in [0, 0.1) is 13.8 Å². The minimum Gasteiger partial charge on any atom is -0.489 e. The Labute approximate surface area is 145 Å². The van der Waals surface area contributed by atoms with Crippen molar-refractivity contribution in [1.82, 2.24) is 5.32 Å². The summed E-state index contributed by atoms with van der Waals surface area (Å²) in [6.07, 6.45) is 1.59. The minimum absolute atomic E-state index is 0.103. The molecule has 0 saturated heterocycles. The average molecular weight is 341 g/mol. The topological polar surface area (TPSA) is 51.5 Å². The van der Waals surface area contributed by atoms with Gasteiger partial charge in [0.1, 0.15) is 18.1 Å². The molecule has 3 aromatic rings. The Morgan fingerprint density at radius 3 is 2.71 bits per heavy atom. The lowest BCUT2D eigenvalue weighted by atomic mass is 10.1. The quantitative estimate of drug-likeness (QED) is 0.720. The first-order valence-electron chi connectivity index (χ1n) is 7.69. The molecule has 0 aliphatic rings. The molecule has 24 heavy (non-hydrogen) atoms. The van der Waals surface area contributed by atoms with Crippen LogP contribution in [-0.4, -0.2) is 5.91 Å². The Morgan fingerprint density at radius 2 is 2.00 bits per heavy atom. The van der Waals surface area contributed by atoms with Gasteiger partial charge in [0.25, 0.3) is 5.91 Å². The number of furan rings is 1. The highest BCUT2D eigenvalue weighted by Crippen LogP contribution is 2.20. The van der Waals surface area contributed by atoms with Gasteiger partial charge in [-0.3, -0.25) is 4.79 Å². The average Bonchev–Trinajstić information content (AvgIpc) is 3.21. The molecule has 3 rings (SSSR count). The molecule has 0 radical (unpaired) electrons. The molecule has 124 valence electrons. The Kier molecular flexibility index (Phi) is 5.01. The van der Waals surface area contributed by atoms with E-state index in [-0.39, 0.29) is 5.91 Å². The fourth-order valence-electron chi connectivity index (χ4n) is 2.42. The largest absolute Gasteiger partial charge is 0.489 e. The number of nitrogens with one attached hydrogen (secondary N) is 1. The zero-order chi connectivity index (χ0) is 16.9. The molecule has 0 saturated carbocycles. The lowest BCUT2D eigenvalue weighted by molar-refractivity contribution is 0.0952. The summed E-state index contributed by atoms with van der Waals surface area (Å²) in [5.74, 6) is 1.48. The van der Waals surface area contributed by atoms with Crippen molar-refractivity contribution in [3.8, 4) is 5.75 Å². The summed E-state index contributed by atoms with van der Waals surface area (Å²) in [4.78, 5) is 12.8. The maximum absolute atomic E-state index is 12.1. The van der Waals surface area contributed by atoms with E-state index in [0.29, 0.717) is 18.0 Å². The van der Waals surface area contributed by atoms with Crippen LogP contribution in [0.2, 0.25) is 0 Å². The zero-order valence-corrected chi connectivity index (χ0v) is 14.5. The highest BCUT2D eigenvalue weighted by Gasteiger charge is 2.10. The van der Waals surface area contributed by atoms with E-state index in [2.05, 4.69) is 11.4 Å². The third-order valence-corrected chi connectivity index (χ3v) is 4.46. The predicted octanol–water partition coefficient (Wildman–Crippen LogP) is 4.47. The SMILES string of the molecule is Cc1cc(C)cc(OCc2csc(C(=O)NCc3ccco3)c2)c1. The van der Waals surface area contributed by atoms with E-state index in [1.165, 1.54) is 22.5 Å². The van der Waals surface area contributed by atoms with Crippen molar-refractivity contribution >= 4 is 17.2 Å². The molecule has 1 amide bonds. The van der Waals surface area contributed by atoms with Gasteiger partial charge in [-0.1, -0.05) is 6.07 Å². The van der Waals surface area contributed by atoms with Gasteiger partial charge in [0.05, 0.1) is 17.7 Å². The maximum atomic E-state index is 12.1. The monoisotopic (exact) mass is 341 g/mol. The van der Waals surface area contributed by atoms with Gasteiger partial charge in [-0.15, -0.1) is 11.3 Å². The maximum Gasteiger partial charge on any atom is 0.261 e. The number of thiophene rings is 1. The third-order valence-electron chi connectivity index (χ3n) is 3.48. The van der Waals surface area contributed by atoms with E-state index in [1.54, 1.807) is 12.3 Å². The highest BCUT2D eigenvalue weighted by molar-refractivity contribution is 7.12. The van der Waals surface area contributed by atoms with Crippen molar-refractivity contribution < 1.29 is 13.9 Å². The summed E-state index contributed by atoms with van der Waals surface area (Å²) < 4.78 is 11.0. The summed E-state index contributed by atoms with van der Waals surface area (Å²) in [7, 11) is 0. The highest BCUT2D eigenvalue weighted by atomic mass is 32.1. The number of amides is 1. The van der Waals surface area contributed by atoms with Crippen molar-refractivity contribution in [3.63, 3.8) is 0 Å². The number of ether oxygens (including phenoxy) is 1. The predicted molar refractivity (Wildman–Crippen MR) is 94.4 cm³/mol. The van der Waals surface area contributed by atoms with Gasteiger partial charge in [-0.25, -0.2) is 0 Å². The fraction of sp³-hybridized carbons (Fsp3) is 0.211. The van der Waals surface area contributed by atoms with Crippen LogP contribution < -0.4 is 10.1 Å². The first-order chi connectivity index (χ1) is 11.6. The Hall–Kier alpha value is -2.53. The molecule has 5 heteroatoms. The molecule has 0 unspecified atom stereocenters. The summed E-state index contributed by atoms with van der Waals surface area (Å²) in [6.45, 7) is 4.93. The van der Waals surface area contributed by atoms with Gasteiger partial charge >= 0.3 is 0 Å². The number of aryl methyl sites for hydroxylation is 2. The van der Waals surface area contributed by atoms with Crippen molar-refractivity contribution in [1.29, 1.82) is 0 Å². The first-order valence-corrected chi connectivity index (χ1v) is 8.57. The second-order valence-electron chi connectivity index (χ2n) is 5.69. The van der Waals surface area contributed by atoms with E-state index in [0.717, 1.165) is 17.1 Å². The van der Waals surface area contributed by atoms with Crippen LogP contribution >= 0.6 is 11.3 Å². The standard InChI is InChI=1S/C19H19NO3S/c1-13-6-14(2)8-17(7-13)23-11-15-9-18(24-12-15)19(21)20-10-16-4-3-5-22-16/h3-9,12H,10-11H2,1-2H3,(H,20,21). The third kappa shape index (κ3) is 4.26. The molecule has 0 atom stereocenters. The lowest BCUT2D eigenvalue weighted by Crippen LogP contribution is -2.21. The van der Waals surface area contributed by atoms with Crippen molar-refractivity contribution in [2.75, 3.05) is 0 Å². The summed E-state index contributed by atoms with van der Waals surface area (Å²) >= 11 is 1.41. The van der Waals surface area contributed by atoms with Crippen LogP contribution in [0.25, 0.3) is 0 Å². The molecule has 0 bridgehead atoms. The normalized spacial score (nSPS) is 10.6. The van der Waals surface area contributed by atoms with Gasteiger partial charge in [-0.2, -0.15) is 0 Å². The Bertz CT molecular complexity index is 801. The number of carbonyl (C=O) groups excluding carboxylic acids is 1. The molecule has 0 fully saturated rings. The molecule has 0 aliphatic carbocycles. The summed E-state index contributed by atoms with van der Waals surface area (Å²) in [6, 6.07) is 11.6. The van der Waals surface area contributed by atoms with E-state index in [9.17, 15) is 4.79 Å². The second-order valence-corrected chi connectivity index (χ2v) is 6.60. The Morgan fingerprint density at radius 1 is 1.21 bits per heavy atom. The molecule has 0 aliphatic heterocycles. The van der Waals surface area contributed by atoms with Crippen LogP contribution in [0.4, 0.5) is 0 Å². The van der Waals surface area contributed by atoms with Gasteiger partial charge in [-0.05, 0) is 60.7 Å². The van der Waals surface area contributed by atoms with Crippen LogP contribution in [0.3, 0.4) is 0 Å². The zero-order valence-electron chi connectivity index (χ0n) is 13.7. The number of rotatable bonds is 6. The van der Waals surface area contributed by atoms with Crippen LogP contribution in [0.15, 0.2) is 52.5 Å². The van der Waals surface area contributed by atoms with Gasteiger partial charge in [0, 0.05) is 5.56 Å². The number of benzene rings is 1. The lowest BCUT2D eigenvalue weighted by Gasteiger charge is -2.07. The van der Waals surface area contributed by atoms with Crippen molar-refractivity contribution in [3.05, 3.63) is 75.4 Å². The molecule has 1 N–H and O–H groups in total. The molecule has 0 spiro atoms. The van der Waals surface area contributed by atoms with Gasteiger partial charge < -0.3 is 14.5 Å². The number of hydrogen-bond donors (Lipinski definition) is 1. The summed E-state index contributed by atoms with van der Waals surface area (Å²) in [5.41, 5.74) is 3.34. The molecule has 4 nitrogen and oxygen atoms in total. The van der Waals surface area contributed by atoms with E-state index >= 15 is 0 Å². The number of hydrogen-bond acceptors (Lipinski definition) is 4. The molecule has 2 heterocycles. The number of carbonyl (C=O) groups is 1. The smallest absolute Gasteiger partial charge is 0.261 e. The van der Waals surface area contributed by atoms with E-state index in [1.807, 2.05) is 43.5 Å². The molecule has 1 aromatic carbocycles.